The average molecular weight is 192 g/mol. The van der Waals surface area contributed by atoms with Crippen LogP contribution in [-0.2, 0) is 11.3 Å². The number of benzene rings is 1. The molecule has 1 aromatic carbocycles. The van der Waals surface area contributed by atoms with Crippen LogP contribution < -0.4 is 10.6 Å². The van der Waals surface area contributed by atoms with Gasteiger partial charge < -0.3 is 10.6 Å². The van der Waals surface area contributed by atoms with Crippen molar-refractivity contribution >= 4 is 11.5 Å². The van der Waals surface area contributed by atoms with Gasteiger partial charge in [0, 0.05) is 19.3 Å². The highest BCUT2D eigenvalue weighted by Gasteiger charge is 1.94. The molecule has 3 nitrogen and oxygen atoms in total. The zero-order valence-electron chi connectivity index (χ0n) is 8.63. The fraction of sp³-hybridized carbons (Fsp3) is 0.364. The smallest absolute Gasteiger partial charge is 0.143 e. The quantitative estimate of drug-likeness (QED) is 0.741. The molecule has 3 heteroatoms. The topological polar surface area (TPSA) is 41.1 Å². The van der Waals surface area contributed by atoms with Gasteiger partial charge in [0.1, 0.15) is 5.78 Å². The molecule has 0 aromatic heterocycles. The summed E-state index contributed by atoms with van der Waals surface area (Å²) in [7, 11) is 1.89. The van der Waals surface area contributed by atoms with Crippen molar-refractivity contribution < 1.29 is 4.79 Å². The lowest BCUT2D eigenvalue weighted by Crippen LogP contribution is -2.20. The van der Waals surface area contributed by atoms with Gasteiger partial charge in [-0.3, -0.25) is 4.79 Å². The first-order chi connectivity index (χ1) is 6.72. The van der Waals surface area contributed by atoms with E-state index in [0.717, 1.165) is 12.2 Å². The van der Waals surface area contributed by atoms with Gasteiger partial charge in [-0.05, 0) is 24.6 Å². The third-order valence-electron chi connectivity index (χ3n) is 1.95. The summed E-state index contributed by atoms with van der Waals surface area (Å²) in [4.78, 5) is 10.7. The van der Waals surface area contributed by atoms with Gasteiger partial charge in [-0.2, -0.15) is 0 Å². The van der Waals surface area contributed by atoms with Gasteiger partial charge in [0.05, 0.1) is 6.54 Å². The number of ketones is 1. The van der Waals surface area contributed by atoms with Crippen molar-refractivity contribution in [1.29, 1.82) is 0 Å². The summed E-state index contributed by atoms with van der Waals surface area (Å²) < 4.78 is 0. The summed E-state index contributed by atoms with van der Waals surface area (Å²) in [6.07, 6.45) is 0. The van der Waals surface area contributed by atoms with E-state index in [4.69, 9.17) is 0 Å². The number of Topliss-reactive ketones (excluding diaryl/α,β-unsaturated/α-hetero) is 1. The number of nitrogens with one attached hydrogen (secondary N) is 2. The van der Waals surface area contributed by atoms with Crippen LogP contribution in [0.1, 0.15) is 12.5 Å². The highest BCUT2D eigenvalue weighted by Crippen LogP contribution is 2.07. The Bertz CT molecular complexity index is 293. The minimum Gasteiger partial charge on any atom is -0.388 e. The van der Waals surface area contributed by atoms with Gasteiger partial charge in [-0.1, -0.05) is 12.1 Å². The molecular weight excluding hydrogens is 176 g/mol. The minimum absolute atomic E-state index is 0.164. The predicted octanol–water partition coefficient (Wildman–Crippen LogP) is 1.41. The summed E-state index contributed by atoms with van der Waals surface area (Å²) >= 11 is 0. The molecule has 0 amide bonds. The second kappa shape index (κ2) is 5.40. The molecule has 0 bridgehead atoms. The zero-order chi connectivity index (χ0) is 10.4. The van der Waals surface area contributed by atoms with Gasteiger partial charge in [-0.15, -0.1) is 0 Å². The maximum atomic E-state index is 10.7. The van der Waals surface area contributed by atoms with Gasteiger partial charge >= 0.3 is 0 Å². The van der Waals surface area contributed by atoms with Crippen molar-refractivity contribution in [1.82, 2.24) is 5.32 Å². The molecule has 0 aliphatic heterocycles. The van der Waals surface area contributed by atoms with Crippen LogP contribution in [0.5, 0.6) is 0 Å². The third-order valence-corrected chi connectivity index (χ3v) is 1.95. The molecule has 1 rings (SSSR count). The SMILES string of the molecule is CNc1ccc(CNCC(C)=O)cc1. The number of hydrogen-bond donors (Lipinski definition) is 2. The molecule has 0 unspecified atom stereocenters. The number of rotatable bonds is 5. The first-order valence-corrected chi connectivity index (χ1v) is 4.69. The molecule has 0 fully saturated rings. The summed E-state index contributed by atoms with van der Waals surface area (Å²) in [6.45, 7) is 2.76. The number of carbonyl (C=O) groups excluding carboxylic acids is 1. The Labute approximate surface area is 84.5 Å². The van der Waals surface area contributed by atoms with Crippen molar-refractivity contribution in [2.75, 3.05) is 18.9 Å². The van der Waals surface area contributed by atoms with Crippen LogP contribution in [-0.4, -0.2) is 19.4 Å². The molecule has 2 N–H and O–H groups in total. The molecule has 0 radical (unpaired) electrons. The molecule has 0 atom stereocenters. The van der Waals surface area contributed by atoms with Crippen LogP contribution in [0.15, 0.2) is 24.3 Å². The third kappa shape index (κ3) is 3.58. The monoisotopic (exact) mass is 192 g/mol. The lowest BCUT2D eigenvalue weighted by Gasteiger charge is -2.04. The first-order valence-electron chi connectivity index (χ1n) is 4.69. The summed E-state index contributed by atoms with van der Waals surface area (Å²) in [5, 5.41) is 6.12. The Morgan fingerprint density at radius 2 is 1.93 bits per heavy atom. The van der Waals surface area contributed by atoms with Crippen LogP contribution >= 0.6 is 0 Å². The Morgan fingerprint density at radius 1 is 1.29 bits per heavy atom. The minimum atomic E-state index is 0.164. The Kier molecular flexibility index (Phi) is 4.13. The van der Waals surface area contributed by atoms with Crippen LogP contribution in [0.4, 0.5) is 5.69 Å². The van der Waals surface area contributed by atoms with E-state index in [1.807, 2.05) is 31.3 Å². The van der Waals surface area contributed by atoms with Gasteiger partial charge in [0.25, 0.3) is 0 Å². The number of hydrogen-bond acceptors (Lipinski definition) is 3. The van der Waals surface area contributed by atoms with Crippen LogP contribution in [0.2, 0.25) is 0 Å². The summed E-state index contributed by atoms with van der Waals surface area (Å²) in [5.74, 6) is 0.164. The Hall–Kier alpha value is -1.35. The fourth-order valence-corrected chi connectivity index (χ4v) is 1.17. The fourth-order valence-electron chi connectivity index (χ4n) is 1.17. The highest BCUT2D eigenvalue weighted by molar-refractivity contribution is 5.77. The zero-order valence-corrected chi connectivity index (χ0v) is 8.63. The van der Waals surface area contributed by atoms with Crippen molar-refractivity contribution in [3.05, 3.63) is 29.8 Å². The van der Waals surface area contributed by atoms with E-state index in [1.54, 1.807) is 6.92 Å². The second-order valence-electron chi connectivity index (χ2n) is 3.25. The number of anilines is 1. The van der Waals surface area contributed by atoms with Crippen LogP contribution in [0, 0.1) is 0 Å². The highest BCUT2D eigenvalue weighted by atomic mass is 16.1. The molecule has 0 aliphatic rings. The summed E-state index contributed by atoms with van der Waals surface area (Å²) in [6, 6.07) is 8.12. The van der Waals surface area contributed by atoms with E-state index in [9.17, 15) is 4.79 Å². The standard InChI is InChI=1S/C11H16N2O/c1-9(14)7-13-8-10-3-5-11(12-2)6-4-10/h3-6,12-13H,7-8H2,1-2H3. The van der Waals surface area contributed by atoms with E-state index >= 15 is 0 Å². The Balaban J connectivity index is 2.40. The molecule has 76 valence electrons. The maximum absolute atomic E-state index is 10.7. The molecular formula is C11H16N2O. The van der Waals surface area contributed by atoms with Gasteiger partial charge in [-0.25, -0.2) is 0 Å². The predicted molar refractivity (Wildman–Crippen MR) is 58.4 cm³/mol. The molecule has 0 saturated carbocycles. The normalized spacial score (nSPS) is 9.86. The van der Waals surface area contributed by atoms with E-state index in [0.29, 0.717) is 6.54 Å². The van der Waals surface area contributed by atoms with Gasteiger partial charge in [0.15, 0.2) is 0 Å². The van der Waals surface area contributed by atoms with E-state index in [1.165, 1.54) is 5.56 Å². The Morgan fingerprint density at radius 3 is 2.43 bits per heavy atom. The molecule has 0 saturated heterocycles. The van der Waals surface area contributed by atoms with Crippen molar-refractivity contribution in [2.24, 2.45) is 0 Å². The molecule has 1 aromatic rings. The summed E-state index contributed by atoms with van der Waals surface area (Å²) in [5.41, 5.74) is 2.28. The molecule has 14 heavy (non-hydrogen) atoms. The van der Waals surface area contributed by atoms with Gasteiger partial charge in [0.2, 0.25) is 0 Å². The largest absolute Gasteiger partial charge is 0.388 e. The first kappa shape index (κ1) is 10.7. The number of carbonyl (C=O) groups is 1. The average Bonchev–Trinajstić information content (AvgIpc) is 2.18. The van der Waals surface area contributed by atoms with E-state index < -0.39 is 0 Å². The van der Waals surface area contributed by atoms with E-state index in [-0.39, 0.29) is 5.78 Å². The van der Waals surface area contributed by atoms with Crippen molar-refractivity contribution in [2.45, 2.75) is 13.5 Å². The lowest BCUT2D eigenvalue weighted by atomic mass is 10.2. The maximum Gasteiger partial charge on any atom is 0.143 e. The molecule has 0 aliphatic carbocycles. The van der Waals surface area contributed by atoms with Crippen LogP contribution in [0.25, 0.3) is 0 Å². The van der Waals surface area contributed by atoms with Crippen LogP contribution in [0.3, 0.4) is 0 Å². The lowest BCUT2D eigenvalue weighted by molar-refractivity contribution is -0.116. The van der Waals surface area contributed by atoms with Crippen molar-refractivity contribution in [3.63, 3.8) is 0 Å². The van der Waals surface area contributed by atoms with E-state index in [2.05, 4.69) is 10.6 Å². The molecule has 0 heterocycles. The van der Waals surface area contributed by atoms with Crippen molar-refractivity contribution in [3.8, 4) is 0 Å². The second-order valence-corrected chi connectivity index (χ2v) is 3.25. The molecule has 0 spiro atoms.